The maximum Gasteiger partial charge on any atom is 0.305 e. The number of hydrogen-bond acceptors (Lipinski definition) is 6. The van der Waals surface area contributed by atoms with Crippen LogP contribution in [-0.4, -0.2) is 38.2 Å². The van der Waals surface area contributed by atoms with Crippen molar-refractivity contribution < 1.29 is 28.6 Å². The largest absolute Gasteiger partial charge is 0.469 e. The SMILES string of the molecule is CCOC(=O)CCCCCC(CCCCC(=O)OC)CCCCC(=O)OCC. The highest BCUT2D eigenvalue weighted by Gasteiger charge is 2.11. The van der Waals surface area contributed by atoms with Crippen LogP contribution in [0.4, 0.5) is 0 Å². The van der Waals surface area contributed by atoms with E-state index in [0.717, 1.165) is 64.2 Å². The summed E-state index contributed by atoms with van der Waals surface area (Å²) >= 11 is 0. The van der Waals surface area contributed by atoms with Crippen molar-refractivity contribution in [1.29, 1.82) is 0 Å². The third kappa shape index (κ3) is 16.6. The molecular formula is C22H40O6. The Balaban J connectivity index is 4.07. The summed E-state index contributed by atoms with van der Waals surface area (Å²) in [4.78, 5) is 34.0. The molecule has 0 aromatic heterocycles. The number of carbonyl (C=O) groups is 3. The third-order valence-electron chi connectivity index (χ3n) is 4.82. The lowest BCUT2D eigenvalue weighted by atomic mass is 9.90. The van der Waals surface area contributed by atoms with Crippen LogP contribution in [0.2, 0.25) is 0 Å². The zero-order valence-corrected chi connectivity index (χ0v) is 18.1. The van der Waals surface area contributed by atoms with Crippen molar-refractivity contribution in [1.82, 2.24) is 0 Å². The maximum atomic E-state index is 11.4. The first-order valence-corrected chi connectivity index (χ1v) is 10.9. The van der Waals surface area contributed by atoms with Crippen molar-refractivity contribution in [3.63, 3.8) is 0 Å². The molecule has 0 N–H and O–H groups in total. The molecule has 0 spiro atoms. The van der Waals surface area contributed by atoms with Crippen LogP contribution < -0.4 is 0 Å². The van der Waals surface area contributed by atoms with Gasteiger partial charge in [0, 0.05) is 19.3 Å². The standard InChI is InChI=1S/C22H40O6/c1-4-27-21(24)17-8-6-7-13-19(14-9-11-16-20(23)26-3)15-10-12-18-22(25)28-5-2/h19H,4-18H2,1-3H3. The van der Waals surface area contributed by atoms with Gasteiger partial charge in [0.05, 0.1) is 20.3 Å². The summed E-state index contributed by atoms with van der Waals surface area (Å²) in [6.45, 7) is 4.53. The zero-order chi connectivity index (χ0) is 21.0. The first-order chi connectivity index (χ1) is 13.5. The van der Waals surface area contributed by atoms with Gasteiger partial charge in [0.1, 0.15) is 0 Å². The Labute approximate surface area is 170 Å². The number of rotatable bonds is 18. The fraction of sp³-hybridized carbons (Fsp3) is 0.864. The number of esters is 3. The maximum absolute atomic E-state index is 11.4. The van der Waals surface area contributed by atoms with Crippen LogP contribution in [0.15, 0.2) is 0 Å². The average Bonchev–Trinajstić information content (AvgIpc) is 2.67. The van der Waals surface area contributed by atoms with Crippen LogP contribution in [0.3, 0.4) is 0 Å². The molecule has 0 saturated carbocycles. The van der Waals surface area contributed by atoms with E-state index in [0.29, 0.717) is 38.4 Å². The van der Waals surface area contributed by atoms with Crippen LogP contribution >= 0.6 is 0 Å². The topological polar surface area (TPSA) is 78.9 Å². The summed E-state index contributed by atoms with van der Waals surface area (Å²) in [6, 6.07) is 0. The van der Waals surface area contributed by atoms with Gasteiger partial charge < -0.3 is 14.2 Å². The fourth-order valence-electron chi connectivity index (χ4n) is 3.29. The molecule has 1 unspecified atom stereocenters. The van der Waals surface area contributed by atoms with Gasteiger partial charge in [-0.1, -0.05) is 44.9 Å². The third-order valence-corrected chi connectivity index (χ3v) is 4.82. The predicted octanol–water partition coefficient (Wildman–Crippen LogP) is 4.97. The lowest BCUT2D eigenvalue weighted by Gasteiger charge is -2.17. The molecule has 1 atom stereocenters. The number of unbranched alkanes of at least 4 members (excludes halogenated alkanes) is 4. The van der Waals surface area contributed by atoms with E-state index in [1.807, 2.05) is 13.8 Å². The highest BCUT2D eigenvalue weighted by Crippen LogP contribution is 2.24. The van der Waals surface area contributed by atoms with E-state index < -0.39 is 0 Å². The number of hydrogen-bond donors (Lipinski definition) is 0. The second-order valence-corrected chi connectivity index (χ2v) is 7.14. The lowest BCUT2D eigenvalue weighted by Crippen LogP contribution is -2.06. The van der Waals surface area contributed by atoms with Crippen LogP contribution in [0.1, 0.15) is 97.3 Å². The molecule has 28 heavy (non-hydrogen) atoms. The minimum absolute atomic E-state index is 0.110. The summed E-state index contributed by atoms with van der Waals surface area (Å²) in [5, 5.41) is 0. The molecule has 0 aliphatic heterocycles. The molecule has 0 saturated heterocycles. The normalized spacial score (nSPS) is 11.7. The summed E-state index contributed by atoms with van der Waals surface area (Å²) in [5.74, 6) is 0.226. The second-order valence-electron chi connectivity index (χ2n) is 7.14. The van der Waals surface area contributed by atoms with Gasteiger partial charge in [-0.05, 0) is 39.0 Å². The molecular weight excluding hydrogens is 360 g/mol. The summed E-state index contributed by atoms with van der Waals surface area (Å²) in [6.07, 6.45) is 11.5. The van der Waals surface area contributed by atoms with Crippen LogP contribution in [0.25, 0.3) is 0 Å². The Bertz CT molecular complexity index is 421. The van der Waals surface area contributed by atoms with Crippen molar-refractivity contribution in [3.05, 3.63) is 0 Å². The Morgan fingerprint density at radius 3 is 1.43 bits per heavy atom. The van der Waals surface area contributed by atoms with E-state index >= 15 is 0 Å². The van der Waals surface area contributed by atoms with Crippen molar-refractivity contribution in [2.75, 3.05) is 20.3 Å². The molecule has 6 heteroatoms. The molecule has 0 fully saturated rings. The molecule has 0 rings (SSSR count). The van der Waals surface area contributed by atoms with Gasteiger partial charge in [0.15, 0.2) is 0 Å². The number of methoxy groups -OCH3 is 1. The summed E-state index contributed by atoms with van der Waals surface area (Å²) in [7, 11) is 1.42. The first-order valence-electron chi connectivity index (χ1n) is 10.9. The van der Waals surface area contributed by atoms with Crippen LogP contribution in [0.5, 0.6) is 0 Å². The van der Waals surface area contributed by atoms with Crippen LogP contribution in [0, 0.1) is 5.92 Å². The smallest absolute Gasteiger partial charge is 0.305 e. The van der Waals surface area contributed by atoms with E-state index in [9.17, 15) is 14.4 Å². The Morgan fingerprint density at radius 2 is 1.00 bits per heavy atom. The molecule has 0 amide bonds. The average molecular weight is 401 g/mol. The fourth-order valence-corrected chi connectivity index (χ4v) is 3.29. The van der Waals surface area contributed by atoms with Crippen molar-refractivity contribution in [3.8, 4) is 0 Å². The minimum Gasteiger partial charge on any atom is -0.469 e. The number of carbonyl (C=O) groups excluding carboxylic acids is 3. The molecule has 0 heterocycles. The highest BCUT2D eigenvalue weighted by molar-refractivity contribution is 5.69. The molecule has 0 aliphatic carbocycles. The monoisotopic (exact) mass is 400 g/mol. The number of ether oxygens (including phenoxy) is 3. The molecule has 0 radical (unpaired) electrons. The van der Waals surface area contributed by atoms with Gasteiger partial charge >= 0.3 is 17.9 Å². The van der Waals surface area contributed by atoms with Crippen LogP contribution in [-0.2, 0) is 28.6 Å². The lowest BCUT2D eigenvalue weighted by molar-refractivity contribution is -0.144. The van der Waals surface area contributed by atoms with Gasteiger partial charge in [-0.2, -0.15) is 0 Å². The Kier molecular flexibility index (Phi) is 17.7. The van der Waals surface area contributed by atoms with Gasteiger partial charge in [-0.25, -0.2) is 0 Å². The van der Waals surface area contributed by atoms with E-state index in [-0.39, 0.29) is 17.9 Å². The Morgan fingerprint density at radius 1 is 0.607 bits per heavy atom. The van der Waals surface area contributed by atoms with Crippen molar-refractivity contribution in [2.45, 2.75) is 97.3 Å². The quantitative estimate of drug-likeness (QED) is 0.183. The van der Waals surface area contributed by atoms with Gasteiger partial charge in [0.25, 0.3) is 0 Å². The molecule has 0 bridgehead atoms. The predicted molar refractivity (Wildman–Crippen MR) is 109 cm³/mol. The van der Waals surface area contributed by atoms with E-state index in [1.165, 1.54) is 7.11 Å². The van der Waals surface area contributed by atoms with Gasteiger partial charge in [-0.15, -0.1) is 0 Å². The minimum atomic E-state index is -0.148. The van der Waals surface area contributed by atoms with Gasteiger partial charge in [-0.3, -0.25) is 14.4 Å². The first kappa shape index (κ1) is 26.4. The zero-order valence-electron chi connectivity index (χ0n) is 18.1. The van der Waals surface area contributed by atoms with Gasteiger partial charge in [0.2, 0.25) is 0 Å². The second kappa shape index (κ2) is 18.8. The highest BCUT2D eigenvalue weighted by atomic mass is 16.5. The molecule has 0 aromatic carbocycles. The molecule has 0 aliphatic rings. The van der Waals surface area contributed by atoms with Crippen molar-refractivity contribution in [2.24, 2.45) is 5.92 Å². The molecule has 164 valence electrons. The summed E-state index contributed by atoms with van der Waals surface area (Å²) in [5.41, 5.74) is 0. The Hall–Kier alpha value is -1.59. The molecule has 0 aromatic rings. The van der Waals surface area contributed by atoms with Crippen molar-refractivity contribution >= 4 is 17.9 Å². The summed E-state index contributed by atoms with van der Waals surface area (Å²) < 4.78 is 14.6. The van der Waals surface area contributed by atoms with E-state index in [2.05, 4.69) is 4.74 Å². The van der Waals surface area contributed by atoms with E-state index in [4.69, 9.17) is 9.47 Å². The van der Waals surface area contributed by atoms with E-state index in [1.54, 1.807) is 0 Å². The molecule has 6 nitrogen and oxygen atoms in total.